The van der Waals surface area contributed by atoms with E-state index in [0.717, 1.165) is 61.5 Å². The number of rotatable bonds is 9. The molecule has 3 aromatic heterocycles. The largest absolute Gasteiger partial charge is 0.309 e. The van der Waals surface area contributed by atoms with Crippen LogP contribution in [0.5, 0.6) is 0 Å². The van der Waals surface area contributed by atoms with Crippen molar-refractivity contribution >= 4 is 43.6 Å². The predicted octanol–water partition coefficient (Wildman–Crippen LogP) is 19.6. The van der Waals surface area contributed by atoms with E-state index < -0.39 is 0 Å². The third-order valence-corrected chi connectivity index (χ3v) is 15.9. The van der Waals surface area contributed by atoms with Gasteiger partial charge in [-0.15, -0.1) is 0 Å². The van der Waals surface area contributed by atoms with Gasteiger partial charge < -0.3 is 9.13 Å². The highest BCUT2D eigenvalue weighted by Gasteiger charge is 2.22. The number of fused-ring (bicyclic) bond motifs is 6. The summed E-state index contributed by atoms with van der Waals surface area (Å²) in [6.07, 6.45) is 0. The van der Waals surface area contributed by atoms with Crippen molar-refractivity contribution in [2.75, 3.05) is 0 Å². The molecule has 14 rings (SSSR count). The Kier molecular flexibility index (Phi) is 11.4. The topological polar surface area (TPSA) is 35.6 Å². The zero-order valence-electron chi connectivity index (χ0n) is 44.0. The van der Waals surface area contributed by atoms with Crippen molar-refractivity contribution in [3.63, 3.8) is 0 Å². The molecule has 0 saturated heterocycles. The van der Waals surface area contributed by atoms with Gasteiger partial charge in [0.2, 0.25) is 0 Å². The highest BCUT2D eigenvalue weighted by atomic mass is 15.0. The van der Waals surface area contributed by atoms with Crippen LogP contribution >= 0.6 is 0 Å². The van der Waals surface area contributed by atoms with Gasteiger partial charge in [-0.3, -0.25) is 0 Å². The first kappa shape index (κ1) is 46.6. The van der Waals surface area contributed by atoms with Gasteiger partial charge in [0.15, 0.2) is 5.82 Å². The Hall–Kier alpha value is -9.90. The van der Waals surface area contributed by atoms with Crippen LogP contribution in [0.4, 0.5) is 0 Å². The molecule has 0 bridgehead atoms. The maximum atomic E-state index is 5.48. The molecule has 0 fully saturated rings. The number of aromatic nitrogens is 4. The van der Waals surface area contributed by atoms with E-state index in [1.807, 2.05) is 6.07 Å². The molecule has 14 aromatic rings. The summed E-state index contributed by atoms with van der Waals surface area (Å²) in [5.41, 5.74) is 25.9. The van der Waals surface area contributed by atoms with Gasteiger partial charge in [-0.1, -0.05) is 182 Å². The molecule has 370 valence electrons. The fourth-order valence-electron chi connectivity index (χ4n) is 11.9. The summed E-state index contributed by atoms with van der Waals surface area (Å²) in [5.74, 6) is 0.674. The molecule has 0 aliphatic heterocycles. The summed E-state index contributed by atoms with van der Waals surface area (Å²) in [6.45, 7) is 8.81. The van der Waals surface area contributed by atoms with Gasteiger partial charge in [0, 0.05) is 49.6 Å². The summed E-state index contributed by atoms with van der Waals surface area (Å²) >= 11 is 0. The number of aryl methyl sites for hydroxylation is 4. The zero-order chi connectivity index (χ0) is 52.4. The minimum atomic E-state index is 0.674. The molecule has 0 radical (unpaired) electrons. The van der Waals surface area contributed by atoms with Crippen LogP contribution in [0.25, 0.3) is 133 Å². The highest BCUT2D eigenvalue weighted by molar-refractivity contribution is 6.13. The van der Waals surface area contributed by atoms with Gasteiger partial charge in [0.1, 0.15) is 0 Å². The minimum Gasteiger partial charge on any atom is -0.309 e. The fourth-order valence-corrected chi connectivity index (χ4v) is 11.9. The van der Waals surface area contributed by atoms with E-state index in [4.69, 9.17) is 9.97 Å². The average molecular weight is 999 g/mol. The molecule has 0 atom stereocenters. The monoisotopic (exact) mass is 998 g/mol. The Morgan fingerprint density at radius 2 is 0.551 bits per heavy atom. The summed E-state index contributed by atoms with van der Waals surface area (Å²) in [6, 6.07) is 92.9. The maximum Gasteiger partial charge on any atom is 0.160 e. The van der Waals surface area contributed by atoms with E-state index in [0.29, 0.717) is 5.82 Å². The minimum absolute atomic E-state index is 0.674. The van der Waals surface area contributed by atoms with Crippen molar-refractivity contribution in [2.45, 2.75) is 27.7 Å². The number of nitrogens with zero attached hydrogens (tertiary/aromatic N) is 4. The highest BCUT2D eigenvalue weighted by Crippen LogP contribution is 2.43. The van der Waals surface area contributed by atoms with Gasteiger partial charge in [-0.2, -0.15) is 0 Å². The van der Waals surface area contributed by atoms with Crippen molar-refractivity contribution in [1.29, 1.82) is 0 Å². The molecule has 4 heteroatoms. The maximum absolute atomic E-state index is 5.48. The lowest BCUT2D eigenvalue weighted by molar-refractivity contribution is 1.13. The van der Waals surface area contributed by atoms with Crippen LogP contribution in [0.1, 0.15) is 22.3 Å². The van der Waals surface area contributed by atoms with Crippen molar-refractivity contribution in [3.8, 4) is 89.8 Å². The lowest BCUT2D eigenvalue weighted by atomic mass is 9.97. The van der Waals surface area contributed by atoms with Gasteiger partial charge >= 0.3 is 0 Å². The van der Waals surface area contributed by atoms with E-state index in [-0.39, 0.29) is 0 Å². The zero-order valence-corrected chi connectivity index (χ0v) is 44.0. The quantitative estimate of drug-likeness (QED) is 0.144. The van der Waals surface area contributed by atoms with Crippen LogP contribution < -0.4 is 0 Å². The SMILES string of the molecule is Cc1ccccc1-c1ccc2c(c1)c1cc(-c3ccccc3C)ccc1n2-c1cc(-c2cc(-c3ccccc3)nc(-c3ccccc3)n2)cc(-n2c3ccc(-c4ccccc4C)cc3c3cc(-c4ccccc4C)ccc32)c1. The Morgan fingerprint density at radius 1 is 0.244 bits per heavy atom. The second-order valence-electron chi connectivity index (χ2n) is 20.8. The van der Waals surface area contributed by atoms with Crippen molar-refractivity contribution in [2.24, 2.45) is 0 Å². The van der Waals surface area contributed by atoms with Crippen molar-refractivity contribution in [3.05, 3.63) is 277 Å². The smallest absolute Gasteiger partial charge is 0.160 e. The molecule has 0 aliphatic rings. The summed E-state index contributed by atoms with van der Waals surface area (Å²) in [5, 5.41) is 4.77. The fraction of sp³-hybridized carbons (Fsp3) is 0.0541. The Labute approximate surface area is 454 Å². The molecule has 4 nitrogen and oxygen atoms in total. The van der Waals surface area contributed by atoms with E-state index in [1.165, 1.54) is 88.3 Å². The lowest BCUT2D eigenvalue weighted by Crippen LogP contribution is -2.02. The second-order valence-corrected chi connectivity index (χ2v) is 20.8. The third-order valence-electron chi connectivity index (χ3n) is 15.9. The normalized spacial score (nSPS) is 11.6. The lowest BCUT2D eigenvalue weighted by Gasteiger charge is -2.17. The van der Waals surface area contributed by atoms with Crippen LogP contribution in [0, 0.1) is 27.7 Å². The van der Waals surface area contributed by atoms with Crippen LogP contribution in [0.15, 0.2) is 255 Å². The first-order chi connectivity index (χ1) is 38.3. The molecule has 0 N–H and O–H groups in total. The molecule has 11 aromatic carbocycles. The molecule has 78 heavy (non-hydrogen) atoms. The van der Waals surface area contributed by atoms with Crippen LogP contribution in [0.2, 0.25) is 0 Å². The molecule has 3 heterocycles. The third kappa shape index (κ3) is 8.09. The van der Waals surface area contributed by atoms with Crippen molar-refractivity contribution in [1.82, 2.24) is 19.1 Å². The average Bonchev–Trinajstić information content (AvgIpc) is 4.13. The van der Waals surface area contributed by atoms with Gasteiger partial charge in [-0.25, -0.2) is 9.97 Å². The molecule has 0 amide bonds. The number of hydrogen-bond donors (Lipinski definition) is 0. The predicted molar refractivity (Wildman–Crippen MR) is 328 cm³/mol. The van der Waals surface area contributed by atoms with Crippen molar-refractivity contribution < 1.29 is 0 Å². The Bertz CT molecular complexity index is 4160. The first-order valence-electron chi connectivity index (χ1n) is 26.9. The summed E-state index contributed by atoms with van der Waals surface area (Å²) < 4.78 is 4.94. The first-order valence-corrected chi connectivity index (χ1v) is 26.9. The summed E-state index contributed by atoms with van der Waals surface area (Å²) in [4.78, 5) is 10.7. The summed E-state index contributed by atoms with van der Waals surface area (Å²) in [7, 11) is 0. The van der Waals surface area contributed by atoms with E-state index in [1.54, 1.807) is 0 Å². The molecule has 0 unspecified atom stereocenters. The Balaban J connectivity index is 1.08. The van der Waals surface area contributed by atoms with E-state index >= 15 is 0 Å². The molecular formula is C74H54N4. The van der Waals surface area contributed by atoms with Gasteiger partial charge in [0.05, 0.1) is 33.5 Å². The number of benzene rings is 11. The number of hydrogen-bond acceptors (Lipinski definition) is 2. The van der Waals surface area contributed by atoms with Gasteiger partial charge in [-0.05, 0) is 167 Å². The molecular weight excluding hydrogens is 945 g/mol. The molecule has 0 aliphatic carbocycles. The van der Waals surface area contributed by atoms with E-state index in [2.05, 4.69) is 286 Å². The Morgan fingerprint density at radius 3 is 0.897 bits per heavy atom. The standard InChI is InChI=1S/C74H54N4/c1-47-19-11-15-27-60(47)53-31-35-70-64(41-53)65-42-54(61-28-16-12-20-48(61)2)32-36-71(65)77(70)58-39-57(69-46-68(51-23-7-5-8-24-51)75-74(76-69)52-25-9-6-10-26-52)40-59(45-58)78-72-37-33-55(62-29-17-13-21-49(62)3)43-66(72)67-44-56(34-38-73(67)78)63-30-18-14-22-50(63)4/h5-46H,1-4H3. The van der Waals surface area contributed by atoms with Gasteiger partial charge in [0.25, 0.3) is 0 Å². The second kappa shape index (κ2) is 19.0. The van der Waals surface area contributed by atoms with E-state index in [9.17, 15) is 0 Å². The molecule has 0 saturated carbocycles. The van der Waals surface area contributed by atoms with Crippen LogP contribution in [-0.2, 0) is 0 Å². The van der Waals surface area contributed by atoms with Crippen LogP contribution in [-0.4, -0.2) is 19.1 Å². The van der Waals surface area contributed by atoms with Crippen LogP contribution in [0.3, 0.4) is 0 Å². The molecule has 0 spiro atoms.